The summed E-state index contributed by atoms with van der Waals surface area (Å²) in [6.07, 6.45) is 1.48. The van der Waals surface area contributed by atoms with Crippen LogP contribution >= 0.6 is 28.1 Å². The molecular formula is C12H11BrN4OS. The first kappa shape index (κ1) is 13.7. The van der Waals surface area contributed by atoms with Crippen LogP contribution in [0.25, 0.3) is 0 Å². The molecule has 1 heterocycles. The molecule has 1 aromatic carbocycles. The Labute approximate surface area is 123 Å². The quantitative estimate of drug-likeness (QED) is 0.750. The summed E-state index contributed by atoms with van der Waals surface area (Å²) in [5, 5.41) is 9.19. The van der Waals surface area contributed by atoms with E-state index in [0.29, 0.717) is 16.9 Å². The minimum absolute atomic E-state index is 0.176. The van der Waals surface area contributed by atoms with Crippen molar-refractivity contribution in [3.63, 3.8) is 0 Å². The van der Waals surface area contributed by atoms with Gasteiger partial charge in [-0.15, -0.1) is 0 Å². The fraction of sp³-hybridized carbons (Fsp3) is 0.0833. The minimum atomic E-state index is -0.249. The van der Waals surface area contributed by atoms with E-state index in [0.717, 1.165) is 10.0 Å². The van der Waals surface area contributed by atoms with Gasteiger partial charge in [0.25, 0.3) is 5.91 Å². The van der Waals surface area contributed by atoms with Crippen molar-refractivity contribution in [1.82, 2.24) is 10.2 Å². The summed E-state index contributed by atoms with van der Waals surface area (Å²) in [5.41, 5.74) is 7.49. The Balaban J connectivity index is 2.28. The first-order chi connectivity index (χ1) is 8.99. The number of amides is 1. The fourth-order valence-corrected chi connectivity index (χ4v) is 2.10. The molecule has 19 heavy (non-hydrogen) atoms. The summed E-state index contributed by atoms with van der Waals surface area (Å²) < 4.78 is 0.836. The van der Waals surface area contributed by atoms with E-state index < -0.39 is 0 Å². The Morgan fingerprint density at radius 1 is 1.47 bits per heavy atom. The molecule has 98 valence electrons. The van der Waals surface area contributed by atoms with Crippen molar-refractivity contribution in [3.8, 4) is 0 Å². The number of H-pyrrole nitrogens is 1. The molecule has 0 radical (unpaired) electrons. The zero-order valence-electron chi connectivity index (χ0n) is 10.0. The second-order valence-corrected chi connectivity index (χ2v) is 5.29. The van der Waals surface area contributed by atoms with E-state index in [1.54, 1.807) is 6.07 Å². The highest BCUT2D eigenvalue weighted by atomic mass is 79.9. The van der Waals surface area contributed by atoms with E-state index in [1.165, 1.54) is 6.20 Å². The molecule has 1 amide bonds. The lowest BCUT2D eigenvalue weighted by Gasteiger charge is -2.08. The van der Waals surface area contributed by atoms with Crippen LogP contribution in [-0.2, 0) is 0 Å². The zero-order valence-corrected chi connectivity index (χ0v) is 12.4. The number of thiocarbonyl (C=S) groups is 1. The number of carbonyl (C=O) groups excluding carboxylic acids is 1. The smallest absolute Gasteiger partial charge is 0.257 e. The molecule has 0 saturated heterocycles. The van der Waals surface area contributed by atoms with Gasteiger partial charge in [0, 0.05) is 10.0 Å². The van der Waals surface area contributed by atoms with Gasteiger partial charge < -0.3 is 11.1 Å². The summed E-state index contributed by atoms with van der Waals surface area (Å²) in [4.78, 5) is 12.4. The van der Waals surface area contributed by atoms with Crippen LogP contribution in [0.1, 0.15) is 21.5 Å². The first-order valence-electron chi connectivity index (χ1n) is 5.39. The number of nitrogens with two attached hydrogens (primary N) is 1. The third-order valence-corrected chi connectivity index (χ3v) is 3.30. The Hall–Kier alpha value is -1.73. The van der Waals surface area contributed by atoms with Crippen molar-refractivity contribution in [2.45, 2.75) is 6.92 Å². The second kappa shape index (κ2) is 5.50. The predicted molar refractivity (Wildman–Crippen MR) is 81.3 cm³/mol. The van der Waals surface area contributed by atoms with Crippen LogP contribution in [0.2, 0.25) is 0 Å². The van der Waals surface area contributed by atoms with Gasteiger partial charge in [0.1, 0.15) is 10.8 Å². The van der Waals surface area contributed by atoms with Crippen molar-refractivity contribution < 1.29 is 4.79 Å². The number of aryl methyl sites for hydroxylation is 1. The molecule has 2 rings (SSSR count). The van der Waals surface area contributed by atoms with Crippen LogP contribution in [0.5, 0.6) is 0 Å². The highest BCUT2D eigenvalue weighted by Gasteiger charge is 2.14. The molecule has 0 aliphatic carbocycles. The standard InChI is InChI=1S/C12H11BrN4OS/c1-6-2-3-7(13)4-8(6)12(18)16-11-9(10(14)19)5-15-17-11/h2-5H,1H3,(H2,14,19)(H2,15,16,17,18). The molecule has 2 aromatic rings. The van der Waals surface area contributed by atoms with Gasteiger partial charge in [-0.25, -0.2) is 0 Å². The van der Waals surface area contributed by atoms with E-state index in [4.69, 9.17) is 18.0 Å². The Bertz CT molecular complexity index is 653. The van der Waals surface area contributed by atoms with Gasteiger partial charge in [0.2, 0.25) is 0 Å². The number of nitrogens with zero attached hydrogens (tertiary/aromatic N) is 1. The van der Waals surface area contributed by atoms with Crippen LogP contribution < -0.4 is 11.1 Å². The molecule has 0 unspecified atom stereocenters. The number of aromatic nitrogens is 2. The molecular weight excluding hydrogens is 328 g/mol. The van der Waals surface area contributed by atoms with E-state index in [9.17, 15) is 4.79 Å². The molecule has 0 saturated carbocycles. The van der Waals surface area contributed by atoms with Crippen LogP contribution in [0, 0.1) is 6.92 Å². The van der Waals surface area contributed by atoms with E-state index in [-0.39, 0.29) is 10.9 Å². The molecule has 0 aliphatic heterocycles. The lowest BCUT2D eigenvalue weighted by Crippen LogP contribution is -2.17. The number of hydrogen-bond donors (Lipinski definition) is 3. The van der Waals surface area contributed by atoms with E-state index in [2.05, 4.69) is 31.4 Å². The summed E-state index contributed by atoms with van der Waals surface area (Å²) in [7, 11) is 0. The Morgan fingerprint density at radius 3 is 2.89 bits per heavy atom. The number of hydrogen-bond acceptors (Lipinski definition) is 3. The maximum atomic E-state index is 12.2. The molecule has 0 bridgehead atoms. The van der Waals surface area contributed by atoms with E-state index >= 15 is 0 Å². The second-order valence-electron chi connectivity index (χ2n) is 3.94. The van der Waals surface area contributed by atoms with Gasteiger partial charge in [-0.1, -0.05) is 34.2 Å². The van der Waals surface area contributed by atoms with Crippen LogP contribution in [-0.4, -0.2) is 21.1 Å². The van der Waals surface area contributed by atoms with Gasteiger partial charge >= 0.3 is 0 Å². The van der Waals surface area contributed by atoms with Crippen molar-refractivity contribution >= 4 is 44.9 Å². The molecule has 5 nitrogen and oxygen atoms in total. The SMILES string of the molecule is Cc1ccc(Br)cc1C(=O)Nc1[nH]ncc1C(N)=S. The molecule has 7 heteroatoms. The predicted octanol–water partition coefficient (Wildman–Crippen LogP) is 2.37. The molecule has 4 N–H and O–H groups in total. The average Bonchev–Trinajstić information content (AvgIpc) is 2.80. The van der Waals surface area contributed by atoms with Crippen LogP contribution in [0.3, 0.4) is 0 Å². The number of halogens is 1. The number of aromatic amines is 1. The third kappa shape index (κ3) is 2.99. The Kier molecular flexibility index (Phi) is 3.96. The number of anilines is 1. The minimum Gasteiger partial charge on any atom is -0.389 e. The summed E-state index contributed by atoms with van der Waals surface area (Å²) in [6.45, 7) is 1.86. The molecule has 0 atom stereocenters. The monoisotopic (exact) mass is 338 g/mol. The number of nitrogens with one attached hydrogen (secondary N) is 2. The number of carbonyl (C=O) groups is 1. The van der Waals surface area contributed by atoms with Gasteiger partial charge in [0.15, 0.2) is 0 Å². The zero-order chi connectivity index (χ0) is 14.0. The molecule has 0 aliphatic rings. The van der Waals surface area contributed by atoms with Gasteiger partial charge in [-0.05, 0) is 24.6 Å². The van der Waals surface area contributed by atoms with Crippen LogP contribution in [0.4, 0.5) is 5.82 Å². The van der Waals surface area contributed by atoms with Crippen LogP contribution in [0.15, 0.2) is 28.9 Å². The highest BCUT2D eigenvalue weighted by molar-refractivity contribution is 9.10. The fourth-order valence-electron chi connectivity index (χ4n) is 1.59. The summed E-state index contributed by atoms with van der Waals surface area (Å²) in [5.74, 6) is 0.150. The maximum absolute atomic E-state index is 12.2. The number of rotatable bonds is 3. The Morgan fingerprint density at radius 2 is 2.21 bits per heavy atom. The largest absolute Gasteiger partial charge is 0.389 e. The average molecular weight is 339 g/mol. The maximum Gasteiger partial charge on any atom is 0.257 e. The topological polar surface area (TPSA) is 83.8 Å². The van der Waals surface area contributed by atoms with Crippen molar-refractivity contribution in [1.29, 1.82) is 0 Å². The lowest BCUT2D eigenvalue weighted by atomic mass is 10.1. The highest BCUT2D eigenvalue weighted by Crippen LogP contribution is 2.18. The summed E-state index contributed by atoms with van der Waals surface area (Å²) in [6, 6.07) is 5.49. The third-order valence-electron chi connectivity index (χ3n) is 2.59. The van der Waals surface area contributed by atoms with E-state index in [1.807, 2.05) is 19.1 Å². The van der Waals surface area contributed by atoms with Crippen molar-refractivity contribution in [2.24, 2.45) is 5.73 Å². The van der Waals surface area contributed by atoms with Crippen molar-refractivity contribution in [3.05, 3.63) is 45.6 Å². The van der Waals surface area contributed by atoms with Gasteiger partial charge in [0.05, 0.1) is 11.8 Å². The molecule has 1 aromatic heterocycles. The lowest BCUT2D eigenvalue weighted by molar-refractivity contribution is 0.102. The number of benzene rings is 1. The summed E-state index contributed by atoms with van der Waals surface area (Å²) >= 11 is 8.22. The van der Waals surface area contributed by atoms with Gasteiger partial charge in [-0.3, -0.25) is 9.89 Å². The van der Waals surface area contributed by atoms with Gasteiger partial charge in [-0.2, -0.15) is 5.10 Å². The normalized spacial score (nSPS) is 10.2. The van der Waals surface area contributed by atoms with Crippen molar-refractivity contribution in [2.75, 3.05) is 5.32 Å². The molecule has 0 spiro atoms. The molecule has 0 fully saturated rings. The first-order valence-corrected chi connectivity index (χ1v) is 6.60.